The predicted octanol–water partition coefficient (Wildman–Crippen LogP) is 5.72. The smallest absolute Gasteiger partial charge is 0.299 e. The fourth-order valence-electron chi connectivity index (χ4n) is 3.30. The zero-order chi connectivity index (χ0) is 22.3. The first kappa shape index (κ1) is 21.1. The standard InChI is InChI=1S/C25H25N3O4/c1-29-19-8-6-7-18(13-19)28-25-27-16-24(32-25)22-9-4-5-10-23(22)26-15-17-11-20(30-2)14-21(12-17)31-3/h4-14,16,26H,15H2,1-3H3,(H,27,28). The van der Waals surface area contributed by atoms with E-state index in [9.17, 15) is 0 Å². The maximum atomic E-state index is 5.97. The van der Waals surface area contributed by atoms with Crippen LogP contribution < -0.4 is 24.8 Å². The van der Waals surface area contributed by atoms with Gasteiger partial charge >= 0.3 is 0 Å². The Hall–Kier alpha value is -4.13. The van der Waals surface area contributed by atoms with Crippen LogP contribution in [-0.2, 0) is 6.54 Å². The van der Waals surface area contributed by atoms with E-state index in [1.165, 1.54) is 0 Å². The molecule has 0 aliphatic carbocycles. The molecule has 0 aliphatic heterocycles. The molecule has 2 N–H and O–H groups in total. The highest BCUT2D eigenvalue weighted by Gasteiger charge is 2.12. The Morgan fingerprint density at radius 2 is 1.56 bits per heavy atom. The van der Waals surface area contributed by atoms with Gasteiger partial charge in [-0.3, -0.25) is 0 Å². The molecule has 7 heteroatoms. The number of anilines is 3. The van der Waals surface area contributed by atoms with Crippen LogP contribution in [0.1, 0.15) is 5.56 Å². The van der Waals surface area contributed by atoms with Crippen molar-refractivity contribution in [3.8, 4) is 28.6 Å². The van der Waals surface area contributed by atoms with Gasteiger partial charge in [-0.1, -0.05) is 18.2 Å². The molecule has 7 nitrogen and oxygen atoms in total. The Labute approximate surface area is 187 Å². The van der Waals surface area contributed by atoms with Crippen molar-refractivity contribution < 1.29 is 18.6 Å². The van der Waals surface area contributed by atoms with Crippen LogP contribution in [0.4, 0.5) is 17.4 Å². The normalized spacial score (nSPS) is 10.5. The fourth-order valence-corrected chi connectivity index (χ4v) is 3.30. The summed E-state index contributed by atoms with van der Waals surface area (Å²) in [5.41, 5.74) is 3.71. The van der Waals surface area contributed by atoms with Gasteiger partial charge in [-0.15, -0.1) is 0 Å². The Morgan fingerprint density at radius 1 is 0.812 bits per heavy atom. The van der Waals surface area contributed by atoms with Crippen molar-refractivity contribution >= 4 is 17.4 Å². The molecule has 0 saturated heterocycles. The summed E-state index contributed by atoms with van der Waals surface area (Å²) >= 11 is 0. The largest absolute Gasteiger partial charge is 0.497 e. The molecule has 0 amide bonds. The number of benzene rings is 3. The van der Waals surface area contributed by atoms with Crippen molar-refractivity contribution in [3.63, 3.8) is 0 Å². The summed E-state index contributed by atoms with van der Waals surface area (Å²) in [6.07, 6.45) is 1.71. The summed E-state index contributed by atoms with van der Waals surface area (Å²) in [6, 6.07) is 21.7. The van der Waals surface area contributed by atoms with Gasteiger partial charge in [0.25, 0.3) is 6.01 Å². The van der Waals surface area contributed by atoms with E-state index >= 15 is 0 Å². The van der Waals surface area contributed by atoms with Crippen molar-refractivity contribution in [1.29, 1.82) is 0 Å². The first-order chi connectivity index (χ1) is 15.7. The van der Waals surface area contributed by atoms with Gasteiger partial charge in [-0.25, -0.2) is 4.98 Å². The second kappa shape index (κ2) is 9.78. The lowest BCUT2D eigenvalue weighted by Crippen LogP contribution is -2.01. The van der Waals surface area contributed by atoms with Gasteiger partial charge in [-0.2, -0.15) is 0 Å². The average Bonchev–Trinajstić information content (AvgIpc) is 3.31. The second-order valence-electron chi connectivity index (χ2n) is 7.01. The maximum Gasteiger partial charge on any atom is 0.299 e. The van der Waals surface area contributed by atoms with Gasteiger partial charge in [0.1, 0.15) is 17.2 Å². The van der Waals surface area contributed by atoms with E-state index in [2.05, 4.69) is 15.6 Å². The summed E-state index contributed by atoms with van der Waals surface area (Å²) in [5, 5.41) is 6.63. The molecule has 0 bridgehead atoms. The predicted molar refractivity (Wildman–Crippen MR) is 125 cm³/mol. The number of rotatable bonds is 9. The number of methoxy groups -OCH3 is 3. The molecule has 0 aliphatic rings. The summed E-state index contributed by atoms with van der Waals surface area (Å²) in [4.78, 5) is 4.37. The first-order valence-electron chi connectivity index (χ1n) is 10.1. The van der Waals surface area contributed by atoms with Crippen LogP contribution in [-0.4, -0.2) is 26.3 Å². The van der Waals surface area contributed by atoms with Gasteiger partial charge in [0.05, 0.1) is 27.5 Å². The summed E-state index contributed by atoms with van der Waals surface area (Å²) in [5.74, 6) is 2.91. The van der Waals surface area contributed by atoms with Crippen LogP contribution in [0.2, 0.25) is 0 Å². The number of aromatic nitrogens is 1. The van der Waals surface area contributed by atoms with Crippen molar-refractivity contribution in [2.45, 2.75) is 6.54 Å². The number of hydrogen-bond acceptors (Lipinski definition) is 7. The lowest BCUT2D eigenvalue weighted by atomic mass is 10.1. The Balaban J connectivity index is 1.51. The van der Waals surface area contributed by atoms with Gasteiger partial charge in [0, 0.05) is 35.6 Å². The highest BCUT2D eigenvalue weighted by molar-refractivity contribution is 5.75. The molecule has 3 aromatic carbocycles. The molecule has 32 heavy (non-hydrogen) atoms. The SMILES string of the molecule is COc1cccc(Nc2ncc(-c3ccccc3NCc3cc(OC)cc(OC)c3)o2)c1. The van der Waals surface area contributed by atoms with E-state index in [-0.39, 0.29) is 0 Å². The topological polar surface area (TPSA) is 77.8 Å². The molecule has 0 radical (unpaired) electrons. The maximum absolute atomic E-state index is 5.97. The van der Waals surface area contributed by atoms with E-state index in [1.54, 1.807) is 27.5 Å². The molecule has 1 aromatic heterocycles. The zero-order valence-electron chi connectivity index (χ0n) is 18.2. The molecule has 0 unspecified atom stereocenters. The molecule has 0 atom stereocenters. The van der Waals surface area contributed by atoms with E-state index in [0.717, 1.165) is 39.8 Å². The molecule has 164 valence electrons. The molecule has 4 aromatic rings. The van der Waals surface area contributed by atoms with Gasteiger partial charge in [-0.05, 0) is 42.0 Å². The number of hydrogen-bond donors (Lipinski definition) is 2. The Kier molecular flexibility index (Phi) is 6.46. The highest BCUT2D eigenvalue weighted by Crippen LogP contribution is 2.32. The number of ether oxygens (including phenoxy) is 3. The van der Waals surface area contributed by atoms with E-state index in [1.807, 2.05) is 66.7 Å². The van der Waals surface area contributed by atoms with Crippen molar-refractivity contribution in [2.24, 2.45) is 0 Å². The summed E-state index contributed by atoms with van der Waals surface area (Å²) in [6.45, 7) is 0.591. The van der Waals surface area contributed by atoms with Crippen LogP contribution in [0.3, 0.4) is 0 Å². The van der Waals surface area contributed by atoms with Crippen LogP contribution >= 0.6 is 0 Å². The van der Waals surface area contributed by atoms with Crippen LogP contribution in [0.15, 0.2) is 77.3 Å². The monoisotopic (exact) mass is 431 g/mol. The molecule has 1 heterocycles. The Bertz CT molecular complexity index is 1170. The van der Waals surface area contributed by atoms with Crippen molar-refractivity contribution in [1.82, 2.24) is 4.98 Å². The van der Waals surface area contributed by atoms with E-state index < -0.39 is 0 Å². The quantitative estimate of drug-likeness (QED) is 0.351. The summed E-state index contributed by atoms with van der Waals surface area (Å²) in [7, 11) is 4.92. The van der Waals surface area contributed by atoms with Gasteiger partial charge < -0.3 is 29.3 Å². The second-order valence-corrected chi connectivity index (χ2v) is 7.01. The third-order valence-corrected chi connectivity index (χ3v) is 4.91. The lowest BCUT2D eigenvalue weighted by Gasteiger charge is -2.12. The minimum atomic E-state index is 0.403. The minimum absolute atomic E-state index is 0.403. The number of nitrogens with one attached hydrogen (secondary N) is 2. The number of oxazole rings is 1. The van der Waals surface area contributed by atoms with Crippen molar-refractivity contribution in [3.05, 3.63) is 78.5 Å². The zero-order valence-corrected chi connectivity index (χ0v) is 18.2. The minimum Gasteiger partial charge on any atom is -0.497 e. The Morgan fingerprint density at radius 3 is 2.31 bits per heavy atom. The number of nitrogens with zero attached hydrogens (tertiary/aromatic N) is 1. The molecule has 0 fully saturated rings. The van der Waals surface area contributed by atoms with Gasteiger partial charge in [0.2, 0.25) is 0 Å². The highest BCUT2D eigenvalue weighted by atomic mass is 16.5. The number of para-hydroxylation sites is 1. The van der Waals surface area contributed by atoms with Gasteiger partial charge in [0.15, 0.2) is 5.76 Å². The van der Waals surface area contributed by atoms with E-state index in [0.29, 0.717) is 18.3 Å². The molecular weight excluding hydrogens is 406 g/mol. The average molecular weight is 431 g/mol. The fraction of sp³-hybridized carbons (Fsp3) is 0.160. The van der Waals surface area contributed by atoms with E-state index in [4.69, 9.17) is 18.6 Å². The van der Waals surface area contributed by atoms with Crippen molar-refractivity contribution in [2.75, 3.05) is 32.0 Å². The molecule has 0 spiro atoms. The summed E-state index contributed by atoms with van der Waals surface area (Å²) < 4.78 is 22.0. The van der Waals surface area contributed by atoms with Crippen LogP contribution in [0, 0.1) is 0 Å². The molecule has 0 saturated carbocycles. The molecular formula is C25H25N3O4. The molecule has 4 rings (SSSR count). The van der Waals surface area contributed by atoms with Crippen LogP contribution in [0.5, 0.6) is 17.2 Å². The lowest BCUT2D eigenvalue weighted by molar-refractivity contribution is 0.393. The van der Waals surface area contributed by atoms with Crippen LogP contribution in [0.25, 0.3) is 11.3 Å². The first-order valence-corrected chi connectivity index (χ1v) is 10.1. The third kappa shape index (κ3) is 4.95. The third-order valence-electron chi connectivity index (χ3n) is 4.91.